The standard InChI is InChI=1S/C22H15F3N4O3/c23-13-6-17(25)19-18(7-13)28-20(29-19)15-2-1-10(5-16(15)24)12-8-26-22(27-9-12)32-14-3-11(4-14)21(30)31/h1-2,5-9,11,14H,3-4H2,(H,28,29)(H,30,31)/t11-,14+. The van der Waals surface area contributed by atoms with Crippen molar-refractivity contribution in [2.24, 2.45) is 5.92 Å². The molecule has 1 saturated carbocycles. The monoisotopic (exact) mass is 440 g/mol. The predicted molar refractivity (Wildman–Crippen MR) is 107 cm³/mol. The lowest BCUT2D eigenvalue weighted by atomic mass is 9.82. The summed E-state index contributed by atoms with van der Waals surface area (Å²) in [6.45, 7) is 0. The fourth-order valence-corrected chi connectivity index (χ4v) is 3.60. The van der Waals surface area contributed by atoms with Gasteiger partial charge in [0.1, 0.15) is 29.1 Å². The van der Waals surface area contributed by atoms with E-state index in [0.717, 1.165) is 12.1 Å². The lowest BCUT2D eigenvalue weighted by Gasteiger charge is -2.31. The Bertz CT molecular complexity index is 1330. The van der Waals surface area contributed by atoms with Crippen molar-refractivity contribution in [3.8, 4) is 28.5 Å². The Hall–Kier alpha value is -3.95. The van der Waals surface area contributed by atoms with E-state index >= 15 is 0 Å². The summed E-state index contributed by atoms with van der Waals surface area (Å²) in [6.07, 6.45) is 3.53. The van der Waals surface area contributed by atoms with Crippen LogP contribution in [0.25, 0.3) is 33.5 Å². The number of carboxylic acid groups (broad SMARTS) is 1. The third kappa shape index (κ3) is 3.64. The van der Waals surface area contributed by atoms with E-state index in [1.54, 1.807) is 6.07 Å². The summed E-state index contributed by atoms with van der Waals surface area (Å²) in [6, 6.07) is 6.30. The topological polar surface area (TPSA) is 101 Å². The second kappa shape index (κ2) is 7.63. The van der Waals surface area contributed by atoms with Crippen molar-refractivity contribution >= 4 is 17.0 Å². The Balaban J connectivity index is 1.34. The highest BCUT2D eigenvalue weighted by atomic mass is 19.1. The van der Waals surface area contributed by atoms with Crippen LogP contribution in [0.4, 0.5) is 13.2 Å². The van der Waals surface area contributed by atoms with E-state index in [-0.39, 0.29) is 34.5 Å². The summed E-state index contributed by atoms with van der Waals surface area (Å²) in [5, 5.41) is 8.90. The maximum absolute atomic E-state index is 14.8. The van der Waals surface area contributed by atoms with E-state index in [0.29, 0.717) is 24.0 Å². The zero-order chi connectivity index (χ0) is 22.4. The Labute approximate surface area is 178 Å². The third-order valence-corrected chi connectivity index (χ3v) is 5.41. The van der Waals surface area contributed by atoms with E-state index < -0.39 is 29.3 Å². The molecular weight excluding hydrogens is 425 g/mol. The molecule has 5 rings (SSSR count). The minimum Gasteiger partial charge on any atom is -0.481 e. The molecule has 1 fully saturated rings. The number of H-pyrrole nitrogens is 1. The maximum Gasteiger partial charge on any atom is 0.316 e. The molecule has 162 valence electrons. The van der Waals surface area contributed by atoms with Crippen LogP contribution in [-0.2, 0) is 4.79 Å². The van der Waals surface area contributed by atoms with E-state index in [4.69, 9.17) is 9.84 Å². The van der Waals surface area contributed by atoms with Gasteiger partial charge in [-0.15, -0.1) is 0 Å². The van der Waals surface area contributed by atoms with Gasteiger partial charge in [0.25, 0.3) is 0 Å². The second-order valence-electron chi connectivity index (χ2n) is 7.56. The number of aliphatic carboxylic acids is 1. The van der Waals surface area contributed by atoms with Gasteiger partial charge in [-0.1, -0.05) is 6.07 Å². The van der Waals surface area contributed by atoms with Gasteiger partial charge in [0.15, 0.2) is 5.82 Å². The van der Waals surface area contributed by atoms with Crippen LogP contribution in [0.1, 0.15) is 12.8 Å². The summed E-state index contributed by atoms with van der Waals surface area (Å²) in [5.41, 5.74) is 1.20. The minimum atomic E-state index is -0.841. The van der Waals surface area contributed by atoms with Crippen LogP contribution in [-0.4, -0.2) is 37.1 Å². The first-order valence-electron chi connectivity index (χ1n) is 9.74. The van der Waals surface area contributed by atoms with Crippen LogP contribution in [0.3, 0.4) is 0 Å². The van der Waals surface area contributed by atoms with Crippen LogP contribution in [0.15, 0.2) is 42.7 Å². The molecule has 0 radical (unpaired) electrons. The maximum atomic E-state index is 14.8. The quantitative estimate of drug-likeness (QED) is 0.479. The molecule has 4 aromatic rings. The zero-order valence-electron chi connectivity index (χ0n) is 16.3. The highest BCUT2D eigenvalue weighted by Crippen LogP contribution is 2.31. The van der Waals surface area contributed by atoms with Crippen LogP contribution in [0.5, 0.6) is 6.01 Å². The van der Waals surface area contributed by atoms with Gasteiger partial charge >= 0.3 is 12.0 Å². The van der Waals surface area contributed by atoms with Crippen molar-refractivity contribution in [3.05, 3.63) is 60.2 Å². The molecule has 1 aliphatic carbocycles. The number of fused-ring (bicyclic) bond motifs is 1. The SMILES string of the molecule is O=C(O)[C@H]1C[C@@H](Oc2ncc(-c3ccc(-c4nc5c(F)cc(F)cc5[nH]4)c(F)c3)cn2)C1. The van der Waals surface area contributed by atoms with Crippen LogP contribution >= 0.6 is 0 Å². The number of halogens is 3. The molecule has 0 spiro atoms. The highest BCUT2D eigenvalue weighted by molar-refractivity contribution is 5.80. The number of aromatic nitrogens is 4. The summed E-state index contributed by atoms with van der Waals surface area (Å²) in [4.78, 5) is 25.8. The van der Waals surface area contributed by atoms with Crippen molar-refractivity contribution in [3.63, 3.8) is 0 Å². The van der Waals surface area contributed by atoms with Gasteiger partial charge in [-0.05, 0) is 36.6 Å². The lowest BCUT2D eigenvalue weighted by Crippen LogP contribution is -2.38. The molecule has 2 aromatic carbocycles. The lowest BCUT2D eigenvalue weighted by molar-refractivity contribution is -0.148. The molecule has 2 N–H and O–H groups in total. The first-order valence-corrected chi connectivity index (χ1v) is 9.74. The average Bonchev–Trinajstić information content (AvgIpc) is 3.14. The molecule has 0 unspecified atom stereocenters. The summed E-state index contributed by atoms with van der Waals surface area (Å²) in [5.74, 6) is -3.37. The molecule has 0 aliphatic heterocycles. The predicted octanol–water partition coefficient (Wildman–Crippen LogP) is 4.35. The fourth-order valence-electron chi connectivity index (χ4n) is 3.60. The molecule has 10 heteroatoms. The van der Waals surface area contributed by atoms with Gasteiger partial charge in [0.2, 0.25) is 0 Å². The van der Waals surface area contributed by atoms with E-state index in [1.807, 2.05) is 0 Å². The van der Waals surface area contributed by atoms with E-state index in [1.165, 1.54) is 24.5 Å². The molecule has 2 aromatic heterocycles. The van der Waals surface area contributed by atoms with Gasteiger partial charge in [0.05, 0.1) is 17.0 Å². The van der Waals surface area contributed by atoms with Crippen LogP contribution in [0, 0.1) is 23.4 Å². The van der Waals surface area contributed by atoms with Crippen LogP contribution < -0.4 is 4.74 Å². The van der Waals surface area contributed by atoms with Gasteiger partial charge in [-0.25, -0.2) is 28.1 Å². The Morgan fingerprint density at radius 3 is 2.47 bits per heavy atom. The molecule has 1 aliphatic rings. The number of carboxylic acids is 1. The number of nitrogens with one attached hydrogen (secondary N) is 1. The van der Waals surface area contributed by atoms with Crippen LogP contribution in [0.2, 0.25) is 0 Å². The Morgan fingerprint density at radius 2 is 1.78 bits per heavy atom. The molecule has 0 atom stereocenters. The zero-order valence-corrected chi connectivity index (χ0v) is 16.3. The average molecular weight is 440 g/mol. The minimum absolute atomic E-state index is 0.0741. The number of carbonyl (C=O) groups is 1. The fraction of sp³-hybridized carbons (Fsp3) is 0.182. The van der Waals surface area contributed by atoms with E-state index in [9.17, 15) is 18.0 Å². The number of imidazole rings is 1. The van der Waals surface area contributed by atoms with Crippen molar-refractivity contribution in [2.75, 3.05) is 0 Å². The molecule has 2 heterocycles. The number of nitrogens with zero attached hydrogens (tertiary/aromatic N) is 3. The number of aromatic amines is 1. The van der Waals surface area contributed by atoms with Gasteiger partial charge < -0.3 is 14.8 Å². The summed E-state index contributed by atoms with van der Waals surface area (Å²) < 4.78 is 47.6. The summed E-state index contributed by atoms with van der Waals surface area (Å²) >= 11 is 0. The first kappa shape index (κ1) is 20.0. The molecular formula is C22H15F3N4O3. The highest BCUT2D eigenvalue weighted by Gasteiger charge is 2.36. The Kier molecular flexibility index (Phi) is 4.76. The van der Waals surface area contributed by atoms with Crippen molar-refractivity contribution in [1.82, 2.24) is 19.9 Å². The number of rotatable bonds is 5. The largest absolute Gasteiger partial charge is 0.481 e. The number of hydrogen-bond acceptors (Lipinski definition) is 5. The normalized spacial score (nSPS) is 17.8. The molecule has 0 amide bonds. The summed E-state index contributed by atoms with van der Waals surface area (Å²) in [7, 11) is 0. The van der Waals surface area contributed by atoms with Gasteiger partial charge in [0, 0.05) is 24.0 Å². The smallest absolute Gasteiger partial charge is 0.316 e. The molecule has 7 nitrogen and oxygen atoms in total. The molecule has 0 bridgehead atoms. The Morgan fingerprint density at radius 1 is 1.03 bits per heavy atom. The number of benzene rings is 2. The van der Waals surface area contributed by atoms with Gasteiger partial charge in [-0.3, -0.25) is 4.79 Å². The first-order chi connectivity index (χ1) is 15.4. The number of hydrogen-bond donors (Lipinski definition) is 2. The number of ether oxygens (including phenoxy) is 1. The van der Waals surface area contributed by atoms with Crippen molar-refractivity contribution < 1.29 is 27.8 Å². The second-order valence-corrected chi connectivity index (χ2v) is 7.56. The van der Waals surface area contributed by atoms with Gasteiger partial charge in [-0.2, -0.15) is 0 Å². The third-order valence-electron chi connectivity index (χ3n) is 5.41. The van der Waals surface area contributed by atoms with E-state index in [2.05, 4.69) is 19.9 Å². The van der Waals surface area contributed by atoms with Crippen molar-refractivity contribution in [1.29, 1.82) is 0 Å². The van der Waals surface area contributed by atoms with Crippen molar-refractivity contribution in [2.45, 2.75) is 18.9 Å². The molecule has 0 saturated heterocycles. The molecule has 32 heavy (non-hydrogen) atoms.